The molecule has 1 aromatic heterocycles. The second-order valence-electron chi connectivity index (χ2n) is 3.61. The van der Waals surface area contributed by atoms with E-state index < -0.39 is 10.0 Å². The minimum atomic E-state index is -3.56. The van der Waals surface area contributed by atoms with Gasteiger partial charge < -0.3 is 10.8 Å². The molecule has 0 aliphatic heterocycles. The maximum absolute atomic E-state index is 12.3. The molecule has 1 heterocycles. The van der Waals surface area contributed by atoms with E-state index in [4.69, 9.17) is 23.1 Å². The molecule has 3 N–H and O–H groups in total. The molecule has 0 spiro atoms. The second kappa shape index (κ2) is 6.58. The van der Waals surface area contributed by atoms with Crippen LogP contribution in [-0.2, 0) is 10.0 Å². The highest BCUT2D eigenvalue weighted by molar-refractivity contribution is 7.91. The van der Waals surface area contributed by atoms with Crippen molar-refractivity contribution in [1.82, 2.24) is 4.31 Å². The number of thiophene rings is 1. The quantitative estimate of drug-likeness (QED) is 0.727. The van der Waals surface area contributed by atoms with Gasteiger partial charge in [0.15, 0.2) is 0 Å². The fraction of sp³-hybridized carbons (Fsp3) is 0.500. The van der Waals surface area contributed by atoms with Gasteiger partial charge in [0.2, 0.25) is 0 Å². The predicted octanol–water partition coefficient (Wildman–Crippen LogP) is 0.775. The van der Waals surface area contributed by atoms with Crippen LogP contribution in [0.25, 0.3) is 0 Å². The third-order valence-electron chi connectivity index (χ3n) is 2.24. The molecule has 0 radical (unpaired) electrons. The van der Waals surface area contributed by atoms with Crippen LogP contribution < -0.4 is 5.73 Å². The lowest BCUT2D eigenvalue weighted by Gasteiger charge is -2.19. The predicted molar refractivity (Wildman–Crippen MR) is 76.3 cm³/mol. The molecule has 1 rings (SSSR count). The number of sulfonamides is 1. The van der Waals surface area contributed by atoms with Crippen molar-refractivity contribution in [3.63, 3.8) is 0 Å². The monoisotopic (exact) mass is 308 g/mol. The maximum Gasteiger partial charge on any atom is 0.252 e. The van der Waals surface area contributed by atoms with E-state index in [2.05, 4.69) is 0 Å². The Hall–Kier alpha value is -0.540. The van der Waals surface area contributed by atoms with E-state index in [0.29, 0.717) is 17.8 Å². The van der Waals surface area contributed by atoms with Gasteiger partial charge in [-0.05, 0) is 18.6 Å². The van der Waals surface area contributed by atoms with E-state index in [1.807, 2.05) is 6.92 Å². The Morgan fingerprint density at radius 1 is 1.50 bits per heavy atom. The van der Waals surface area contributed by atoms with E-state index in [1.54, 1.807) is 6.07 Å². The number of rotatable bonds is 7. The molecule has 0 fully saturated rings. The van der Waals surface area contributed by atoms with Crippen LogP contribution in [0.1, 0.15) is 18.2 Å². The molecule has 0 bridgehead atoms. The Balaban J connectivity index is 3.05. The summed E-state index contributed by atoms with van der Waals surface area (Å²) in [5.41, 5.74) is 5.46. The van der Waals surface area contributed by atoms with Crippen LogP contribution in [0.2, 0.25) is 0 Å². The smallest absolute Gasteiger partial charge is 0.252 e. The summed E-state index contributed by atoms with van der Waals surface area (Å²) in [7, 11) is -3.56. The summed E-state index contributed by atoms with van der Waals surface area (Å²) < 4.78 is 26.0. The van der Waals surface area contributed by atoms with Crippen molar-refractivity contribution >= 4 is 38.6 Å². The minimum Gasteiger partial charge on any atom is -0.395 e. The second-order valence-corrected chi connectivity index (χ2v) is 7.30. The van der Waals surface area contributed by atoms with Crippen molar-refractivity contribution in [3.8, 4) is 0 Å². The van der Waals surface area contributed by atoms with E-state index in [0.717, 1.165) is 11.3 Å². The molecule has 0 aliphatic rings. The number of nitrogens with two attached hydrogens (primary N) is 1. The summed E-state index contributed by atoms with van der Waals surface area (Å²) in [6.07, 6.45) is 0.687. The molecule has 1 aromatic rings. The summed E-state index contributed by atoms with van der Waals surface area (Å²) in [4.78, 5) is 0.759. The maximum atomic E-state index is 12.3. The van der Waals surface area contributed by atoms with E-state index in [9.17, 15) is 8.42 Å². The summed E-state index contributed by atoms with van der Waals surface area (Å²) in [6.45, 7) is 2.15. The van der Waals surface area contributed by atoms with Crippen molar-refractivity contribution in [3.05, 3.63) is 17.0 Å². The average Bonchev–Trinajstić information content (AvgIpc) is 2.78. The first-order valence-corrected chi connectivity index (χ1v) is 8.10. The first-order chi connectivity index (χ1) is 8.43. The van der Waals surface area contributed by atoms with Gasteiger partial charge in [-0.2, -0.15) is 4.31 Å². The summed E-state index contributed by atoms with van der Waals surface area (Å²) in [6, 6.07) is 3.09. The Kier molecular flexibility index (Phi) is 5.67. The highest BCUT2D eigenvalue weighted by atomic mass is 32.2. The number of hydrogen-bond acceptors (Lipinski definition) is 5. The first-order valence-electron chi connectivity index (χ1n) is 5.44. The standard InChI is InChI=1S/C10H16N2O3S3/c1-2-5-12(6-7-13)18(14,15)9-4-3-8(17-9)10(11)16/h3-4,13H,2,5-7H2,1H3,(H2,11,16). The van der Waals surface area contributed by atoms with Crippen LogP contribution in [0.15, 0.2) is 16.3 Å². The highest BCUT2D eigenvalue weighted by Crippen LogP contribution is 2.24. The van der Waals surface area contributed by atoms with Crippen molar-refractivity contribution in [1.29, 1.82) is 0 Å². The summed E-state index contributed by atoms with van der Waals surface area (Å²) in [5, 5.41) is 8.92. The molecule has 0 saturated carbocycles. The van der Waals surface area contributed by atoms with Crippen LogP contribution in [0.3, 0.4) is 0 Å². The Morgan fingerprint density at radius 2 is 2.17 bits per heavy atom. The minimum absolute atomic E-state index is 0.0937. The van der Waals surface area contributed by atoms with Gasteiger partial charge in [0.05, 0.1) is 11.5 Å². The summed E-state index contributed by atoms with van der Waals surface area (Å²) >= 11 is 5.86. The number of thiocarbonyl (C=S) groups is 1. The largest absolute Gasteiger partial charge is 0.395 e. The van der Waals surface area contributed by atoms with Crippen molar-refractivity contribution in [2.24, 2.45) is 5.73 Å². The van der Waals surface area contributed by atoms with E-state index in [1.165, 1.54) is 10.4 Å². The zero-order valence-electron chi connectivity index (χ0n) is 10.00. The van der Waals surface area contributed by atoms with Gasteiger partial charge in [0.1, 0.15) is 9.20 Å². The van der Waals surface area contributed by atoms with Gasteiger partial charge in [-0.3, -0.25) is 0 Å². The van der Waals surface area contributed by atoms with Gasteiger partial charge in [0, 0.05) is 13.1 Å². The molecule has 0 aliphatic carbocycles. The van der Waals surface area contributed by atoms with Gasteiger partial charge >= 0.3 is 0 Å². The molecular weight excluding hydrogens is 292 g/mol. The van der Waals surface area contributed by atoms with Crippen LogP contribution in [0.4, 0.5) is 0 Å². The molecule has 0 unspecified atom stereocenters. The number of aliphatic hydroxyl groups excluding tert-OH is 1. The lowest BCUT2D eigenvalue weighted by molar-refractivity contribution is 0.254. The molecule has 8 heteroatoms. The first kappa shape index (κ1) is 15.5. The highest BCUT2D eigenvalue weighted by Gasteiger charge is 2.25. The zero-order chi connectivity index (χ0) is 13.8. The molecule has 0 saturated heterocycles. The van der Waals surface area contributed by atoms with Gasteiger partial charge in [-0.1, -0.05) is 19.1 Å². The fourth-order valence-corrected chi connectivity index (χ4v) is 4.46. The Bertz CT molecular complexity index is 504. The van der Waals surface area contributed by atoms with Crippen LogP contribution in [0.5, 0.6) is 0 Å². The molecule has 18 heavy (non-hydrogen) atoms. The van der Waals surface area contributed by atoms with Gasteiger partial charge in [0.25, 0.3) is 10.0 Å². The molecule has 5 nitrogen and oxygen atoms in total. The lowest BCUT2D eigenvalue weighted by atomic mass is 10.5. The third-order valence-corrected chi connectivity index (χ3v) is 6.07. The Labute approximate surface area is 116 Å². The molecule has 0 aromatic carbocycles. The number of aliphatic hydroxyl groups is 1. The number of nitrogens with zero attached hydrogens (tertiary/aromatic N) is 1. The Morgan fingerprint density at radius 3 is 2.61 bits per heavy atom. The van der Waals surface area contributed by atoms with E-state index >= 15 is 0 Å². The normalized spacial score (nSPS) is 11.9. The third kappa shape index (κ3) is 3.48. The molecule has 0 atom stereocenters. The van der Waals surface area contributed by atoms with Crippen LogP contribution >= 0.6 is 23.6 Å². The SMILES string of the molecule is CCCN(CCO)S(=O)(=O)c1ccc(C(N)=S)s1. The van der Waals surface area contributed by atoms with Crippen LogP contribution in [0, 0.1) is 0 Å². The molecule has 102 valence electrons. The van der Waals surface area contributed by atoms with Crippen molar-refractivity contribution < 1.29 is 13.5 Å². The lowest BCUT2D eigenvalue weighted by Crippen LogP contribution is -2.33. The number of hydrogen-bond donors (Lipinski definition) is 2. The topological polar surface area (TPSA) is 83.6 Å². The summed E-state index contributed by atoms with van der Waals surface area (Å²) in [5.74, 6) is 0. The molecular formula is C10H16N2O3S3. The fourth-order valence-electron chi connectivity index (χ4n) is 1.43. The van der Waals surface area contributed by atoms with E-state index in [-0.39, 0.29) is 22.3 Å². The zero-order valence-corrected chi connectivity index (χ0v) is 12.4. The van der Waals surface area contributed by atoms with Gasteiger partial charge in [-0.15, -0.1) is 11.3 Å². The van der Waals surface area contributed by atoms with Crippen LogP contribution in [-0.4, -0.2) is 42.5 Å². The average molecular weight is 308 g/mol. The molecule has 0 amide bonds. The van der Waals surface area contributed by atoms with Crippen molar-refractivity contribution in [2.45, 2.75) is 17.6 Å². The van der Waals surface area contributed by atoms with Gasteiger partial charge in [-0.25, -0.2) is 8.42 Å². The van der Waals surface area contributed by atoms with Crippen molar-refractivity contribution in [2.75, 3.05) is 19.7 Å².